The van der Waals surface area contributed by atoms with Crippen molar-refractivity contribution in [3.8, 4) is 0 Å². The van der Waals surface area contributed by atoms with Crippen molar-refractivity contribution in [3.05, 3.63) is 24.0 Å². The number of methoxy groups -OCH3 is 1. The Morgan fingerprint density at radius 3 is 3.07 bits per heavy atom. The van der Waals surface area contributed by atoms with E-state index in [0.29, 0.717) is 12.6 Å². The van der Waals surface area contributed by atoms with Crippen molar-refractivity contribution in [3.63, 3.8) is 0 Å². The van der Waals surface area contributed by atoms with Crippen molar-refractivity contribution in [2.75, 3.05) is 25.1 Å². The van der Waals surface area contributed by atoms with Gasteiger partial charge in [-0.3, -0.25) is 4.98 Å². The maximum Gasteiger partial charge on any atom is 0.0920 e. The van der Waals surface area contributed by atoms with E-state index in [1.807, 2.05) is 12.3 Å². The number of pyridine rings is 1. The normalized spacial score (nSPS) is 16.9. The second kappa shape index (κ2) is 3.94. The Bertz CT molecular complexity index is 310. The number of anilines is 1. The molecule has 1 aliphatic rings. The van der Waals surface area contributed by atoms with Gasteiger partial charge in [-0.2, -0.15) is 0 Å². The molecule has 0 spiro atoms. The first-order valence-electron chi connectivity index (χ1n) is 4.76. The van der Waals surface area contributed by atoms with Gasteiger partial charge in [0, 0.05) is 32.9 Å². The fourth-order valence-electron chi connectivity index (χ4n) is 1.66. The molecule has 1 saturated heterocycles. The number of rotatable bonds is 3. The van der Waals surface area contributed by atoms with Crippen molar-refractivity contribution in [2.24, 2.45) is 5.73 Å². The molecule has 14 heavy (non-hydrogen) atoms. The first-order valence-corrected chi connectivity index (χ1v) is 4.76. The fraction of sp³-hybridized carbons (Fsp3) is 0.500. The molecule has 2 heterocycles. The largest absolute Gasteiger partial charge is 0.378 e. The van der Waals surface area contributed by atoms with E-state index >= 15 is 0 Å². The quantitative estimate of drug-likeness (QED) is 0.753. The minimum Gasteiger partial charge on any atom is -0.378 e. The maximum absolute atomic E-state index is 5.65. The number of hydrogen-bond donors (Lipinski definition) is 1. The number of aromatic nitrogens is 1. The molecule has 76 valence electrons. The number of hydrogen-bond acceptors (Lipinski definition) is 4. The zero-order valence-electron chi connectivity index (χ0n) is 8.31. The first kappa shape index (κ1) is 9.43. The highest BCUT2D eigenvalue weighted by Crippen LogP contribution is 2.24. The molecule has 0 aromatic carbocycles. The van der Waals surface area contributed by atoms with Crippen molar-refractivity contribution >= 4 is 5.69 Å². The Morgan fingerprint density at radius 2 is 2.43 bits per heavy atom. The Hall–Kier alpha value is -1.13. The van der Waals surface area contributed by atoms with Crippen LogP contribution >= 0.6 is 0 Å². The van der Waals surface area contributed by atoms with E-state index in [2.05, 4.69) is 9.88 Å². The van der Waals surface area contributed by atoms with Gasteiger partial charge in [0.25, 0.3) is 0 Å². The molecule has 1 aromatic rings. The molecule has 0 aliphatic carbocycles. The van der Waals surface area contributed by atoms with Crippen LogP contribution in [0.25, 0.3) is 0 Å². The second-order valence-corrected chi connectivity index (χ2v) is 3.47. The zero-order valence-corrected chi connectivity index (χ0v) is 8.31. The van der Waals surface area contributed by atoms with E-state index in [4.69, 9.17) is 10.5 Å². The van der Waals surface area contributed by atoms with Crippen LogP contribution in [-0.4, -0.2) is 31.3 Å². The van der Waals surface area contributed by atoms with Gasteiger partial charge >= 0.3 is 0 Å². The summed E-state index contributed by atoms with van der Waals surface area (Å²) in [7, 11) is 1.75. The van der Waals surface area contributed by atoms with Crippen LogP contribution in [0, 0.1) is 0 Å². The third kappa shape index (κ3) is 1.58. The monoisotopic (exact) mass is 193 g/mol. The standard InChI is InChI=1S/C10H15N3O/c1-14-9-6-13(7-9)10-5-12-3-2-8(10)4-11/h2-3,5,9H,4,6-7,11H2,1H3. The molecule has 0 radical (unpaired) electrons. The van der Waals surface area contributed by atoms with Gasteiger partial charge in [-0.05, 0) is 11.6 Å². The lowest BCUT2D eigenvalue weighted by Gasteiger charge is -2.40. The summed E-state index contributed by atoms with van der Waals surface area (Å²) in [6.07, 6.45) is 4.01. The van der Waals surface area contributed by atoms with E-state index in [9.17, 15) is 0 Å². The Balaban J connectivity index is 2.10. The molecule has 0 amide bonds. The minimum absolute atomic E-state index is 0.362. The lowest BCUT2D eigenvalue weighted by atomic mass is 10.1. The minimum atomic E-state index is 0.362. The zero-order chi connectivity index (χ0) is 9.97. The van der Waals surface area contributed by atoms with Gasteiger partial charge in [-0.25, -0.2) is 0 Å². The Morgan fingerprint density at radius 1 is 1.64 bits per heavy atom. The molecule has 0 saturated carbocycles. The molecule has 1 aliphatic heterocycles. The molecule has 0 atom stereocenters. The van der Waals surface area contributed by atoms with Gasteiger partial charge in [-0.1, -0.05) is 0 Å². The first-order chi connectivity index (χ1) is 6.85. The van der Waals surface area contributed by atoms with Crippen molar-refractivity contribution < 1.29 is 4.74 Å². The number of nitrogens with two attached hydrogens (primary N) is 1. The van der Waals surface area contributed by atoms with Crippen LogP contribution in [0.5, 0.6) is 0 Å². The average Bonchev–Trinajstić information content (AvgIpc) is 2.17. The van der Waals surface area contributed by atoms with Crippen LogP contribution in [0.1, 0.15) is 5.56 Å². The third-order valence-electron chi connectivity index (χ3n) is 2.63. The molecule has 4 heteroatoms. The highest BCUT2D eigenvalue weighted by molar-refractivity contribution is 5.53. The molecule has 1 aromatic heterocycles. The summed E-state index contributed by atoms with van der Waals surface area (Å²) in [6.45, 7) is 2.44. The van der Waals surface area contributed by atoms with Gasteiger partial charge < -0.3 is 15.4 Å². The molecule has 0 unspecified atom stereocenters. The van der Waals surface area contributed by atoms with Crippen LogP contribution < -0.4 is 10.6 Å². The summed E-state index contributed by atoms with van der Waals surface area (Å²) in [5.74, 6) is 0. The Kier molecular flexibility index (Phi) is 2.65. The van der Waals surface area contributed by atoms with E-state index in [1.54, 1.807) is 13.3 Å². The molecule has 0 bridgehead atoms. The topological polar surface area (TPSA) is 51.4 Å². The van der Waals surface area contributed by atoms with Gasteiger partial charge in [0.05, 0.1) is 18.0 Å². The van der Waals surface area contributed by atoms with Crippen molar-refractivity contribution in [1.29, 1.82) is 0 Å². The second-order valence-electron chi connectivity index (χ2n) is 3.47. The van der Waals surface area contributed by atoms with Crippen molar-refractivity contribution in [1.82, 2.24) is 4.98 Å². The summed E-state index contributed by atoms with van der Waals surface area (Å²) in [6, 6.07) is 1.97. The van der Waals surface area contributed by atoms with E-state index in [1.165, 1.54) is 0 Å². The molecule has 2 N–H and O–H groups in total. The van der Waals surface area contributed by atoms with Crippen LogP contribution in [0.3, 0.4) is 0 Å². The number of nitrogens with zero attached hydrogens (tertiary/aromatic N) is 2. The van der Waals surface area contributed by atoms with Crippen LogP contribution in [-0.2, 0) is 11.3 Å². The lowest BCUT2D eigenvalue weighted by Crippen LogP contribution is -2.52. The third-order valence-corrected chi connectivity index (χ3v) is 2.63. The fourth-order valence-corrected chi connectivity index (χ4v) is 1.66. The predicted octanol–water partition coefficient (Wildman–Crippen LogP) is 0.375. The summed E-state index contributed by atoms with van der Waals surface area (Å²) in [5, 5.41) is 0. The number of ether oxygens (including phenoxy) is 1. The summed E-state index contributed by atoms with van der Waals surface area (Å²) >= 11 is 0. The van der Waals surface area contributed by atoms with E-state index in [-0.39, 0.29) is 0 Å². The smallest absolute Gasteiger partial charge is 0.0920 e. The molecular formula is C10H15N3O. The summed E-state index contributed by atoms with van der Waals surface area (Å²) in [4.78, 5) is 6.35. The summed E-state index contributed by atoms with van der Waals surface area (Å²) in [5.41, 5.74) is 7.94. The van der Waals surface area contributed by atoms with Crippen molar-refractivity contribution in [2.45, 2.75) is 12.6 Å². The van der Waals surface area contributed by atoms with Crippen LogP contribution in [0.4, 0.5) is 5.69 Å². The maximum atomic E-state index is 5.65. The Labute approximate surface area is 83.7 Å². The predicted molar refractivity (Wildman–Crippen MR) is 55.1 cm³/mol. The van der Waals surface area contributed by atoms with Gasteiger partial charge in [0.15, 0.2) is 0 Å². The van der Waals surface area contributed by atoms with Crippen LogP contribution in [0.2, 0.25) is 0 Å². The summed E-state index contributed by atoms with van der Waals surface area (Å²) < 4.78 is 5.22. The van der Waals surface area contributed by atoms with E-state index in [0.717, 1.165) is 24.3 Å². The highest BCUT2D eigenvalue weighted by atomic mass is 16.5. The lowest BCUT2D eigenvalue weighted by molar-refractivity contribution is 0.0786. The highest BCUT2D eigenvalue weighted by Gasteiger charge is 2.27. The van der Waals surface area contributed by atoms with Crippen LogP contribution in [0.15, 0.2) is 18.5 Å². The molecule has 1 fully saturated rings. The molecule has 2 rings (SSSR count). The van der Waals surface area contributed by atoms with E-state index < -0.39 is 0 Å². The average molecular weight is 193 g/mol. The molecular weight excluding hydrogens is 178 g/mol. The van der Waals surface area contributed by atoms with Gasteiger partial charge in [0.2, 0.25) is 0 Å². The van der Waals surface area contributed by atoms with Gasteiger partial charge in [0.1, 0.15) is 0 Å². The van der Waals surface area contributed by atoms with Gasteiger partial charge in [-0.15, -0.1) is 0 Å². The molecule has 4 nitrogen and oxygen atoms in total. The SMILES string of the molecule is COC1CN(c2cnccc2CN)C1.